The van der Waals surface area contributed by atoms with Crippen LogP contribution in [0.3, 0.4) is 0 Å². The van der Waals surface area contributed by atoms with Gasteiger partial charge in [-0.1, -0.05) is 12.1 Å². The van der Waals surface area contributed by atoms with Gasteiger partial charge < -0.3 is 9.80 Å². The molecule has 3 aromatic rings. The fourth-order valence-electron chi connectivity index (χ4n) is 4.81. The minimum Gasteiger partial charge on any atom is -0.347 e. The summed E-state index contributed by atoms with van der Waals surface area (Å²) in [6.07, 6.45) is 8.18. The van der Waals surface area contributed by atoms with E-state index in [0.29, 0.717) is 5.95 Å². The molecule has 172 valence electrons. The van der Waals surface area contributed by atoms with E-state index in [1.54, 1.807) is 12.1 Å². The van der Waals surface area contributed by atoms with Crippen LogP contribution in [0.4, 0.5) is 16.3 Å². The largest absolute Gasteiger partial charge is 0.347 e. The maximum atomic E-state index is 14.0. The van der Waals surface area contributed by atoms with E-state index in [2.05, 4.69) is 19.8 Å². The molecule has 1 aromatic carbocycles. The van der Waals surface area contributed by atoms with Crippen LogP contribution < -0.4 is 9.80 Å². The Kier molecular flexibility index (Phi) is 6.17. The molecular weight excluding hydrogens is 417 g/mol. The van der Waals surface area contributed by atoms with E-state index in [1.165, 1.54) is 18.9 Å². The highest BCUT2D eigenvalue weighted by atomic mass is 19.1. The van der Waals surface area contributed by atoms with Gasteiger partial charge in [-0.2, -0.15) is 0 Å². The minimum absolute atomic E-state index is 0.121. The standard InChI is InChI=1S/C25H30FN7/c1-31(2)24-28-16-21(18-7-5-8-19(26)15-18)23(30-24)22-9-6-14-33(22)17-20-10-11-27-25(29-20)32-12-3-4-13-32/h5,7-8,10-11,15-16,22H,3-4,6,9,12-14,17H2,1-2H3/t22-/m0/s1. The monoisotopic (exact) mass is 447 g/mol. The lowest BCUT2D eigenvalue weighted by atomic mass is 9.99. The number of hydrogen-bond acceptors (Lipinski definition) is 7. The number of hydrogen-bond donors (Lipinski definition) is 0. The van der Waals surface area contributed by atoms with E-state index >= 15 is 0 Å². The van der Waals surface area contributed by atoms with Crippen LogP contribution in [0.1, 0.15) is 43.1 Å². The number of halogens is 1. The van der Waals surface area contributed by atoms with E-state index in [0.717, 1.165) is 67.5 Å². The SMILES string of the molecule is CN(C)c1ncc(-c2cccc(F)c2)c([C@@H]2CCCN2Cc2ccnc(N3CCCC3)n2)n1. The molecule has 0 saturated carbocycles. The molecule has 0 radical (unpaired) electrons. The zero-order valence-electron chi connectivity index (χ0n) is 19.3. The molecule has 8 heteroatoms. The van der Waals surface area contributed by atoms with Crippen molar-refractivity contribution in [3.8, 4) is 11.1 Å². The number of anilines is 2. The number of benzene rings is 1. The molecule has 2 aliphatic rings. The van der Waals surface area contributed by atoms with E-state index in [-0.39, 0.29) is 11.9 Å². The molecule has 33 heavy (non-hydrogen) atoms. The van der Waals surface area contributed by atoms with Crippen molar-refractivity contribution in [1.29, 1.82) is 0 Å². The average Bonchev–Trinajstić information content (AvgIpc) is 3.51. The van der Waals surface area contributed by atoms with Crippen molar-refractivity contribution in [2.75, 3.05) is 43.5 Å². The third-order valence-corrected chi connectivity index (χ3v) is 6.47. The molecule has 0 N–H and O–H groups in total. The van der Waals surface area contributed by atoms with Gasteiger partial charge in [0, 0.05) is 51.7 Å². The van der Waals surface area contributed by atoms with Crippen LogP contribution in [0.25, 0.3) is 11.1 Å². The Balaban J connectivity index is 1.46. The Bertz CT molecular complexity index is 1110. The van der Waals surface area contributed by atoms with Crippen molar-refractivity contribution in [2.45, 2.75) is 38.3 Å². The Morgan fingerprint density at radius 2 is 1.88 bits per heavy atom. The highest BCUT2D eigenvalue weighted by Gasteiger charge is 2.31. The quantitative estimate of drug-likeness (QED) is 0.564. The van der Waals surface area contributed by atoms with E-state index in [9.17, 15) is 4.39 Å². The highest BCUT2D eigenvalue weighted by Crippen LogP contribution is 2.38. The fourth-order valence-corrected chi connectivity index (χ4v) is 4.81. The van der Waals surface area contributed by atoms with E-state index in [1.807, 2.05) is 43.5 Å². The molecule has 0 spiro atoms. The summed E-state index contributed by atoms with van der Waals surface area (Å²) in [6.45, 7) is 3.76. The van der Waals surface area contributed by atoms with Crippen molar-refractivity contribution < 1.29 is 4.39 Å². The molecular formula is C25H30FN7. The van der Waals surface area contributed by atoms with Crippen LogP contribution in [0.15, 0.2) is 42.7 Å². The lowest BCUT2D eigenvalue weighted by Crippen LogP contribution is -2.26. The molecule has 2 fully saturated rings. The topological polar surface area (TPSA) is 61.3 Å². The smallest absolute Gasteiger partial charge is 0.225 e. The molecule has 2 saturated heterocycles. The third-order valence-electron chi connectivity index (χ3n) is 6.47. The molecule has 5 rings (SSSR count). The van der Waals surface area contributed by atoms with Gasteiger partial charge in [-0.3, -0.25) is 4.90 Å². The van der Waals surface area contributed by atoms with Gasteiger partial charge in [0.05, 0.1) is 17.4 Å². The first-order valence-electron chi connectivity index (χ1n) is 11.7. The second-order valence-electron chi connectivity index (χ2n) is 9.04. The van der Waals surface area contributed by atoms with Crippen molar-refractivity contribution in [3.63, 3.8) is 0 Å². The number of likely N-dealkylation sites (tertiary alicyclic amines) is 1. The fraction of sp³-hybridized carbons (Fsp3) is 0.440. The van der Waals surface area contributed by atoms with Crippen LogP contribution in [0.2, 0.25) is 0 Å². The number of aromatic nitrogens is 4. The lowest BCUT2D eigenvalue weighted by Gasteiger charge is -2.26. The number of nitrogens with zero attached hydrogens (tertiary/aromatic N) is 7. The summed E-state index contributed by atoms with van der Waals surface area (Å²) in [5, 5.41) is 0. The molecule has 2 aromatic heterocycles. The molecule has 0 unspecified atom stereocenters. The predicted molar refractivity (Wildman–Crippen MR) is 128 cm³/mol. The maximum absolute atomic E-state index is 14.0. The molecule has 0 amide bonds. The summed E-state index contributed by atoms with van der Waals surface area (Å²) in [5.41, 5.74) is 3.66. The average molecular weight is 448 g/mol. The maximum Gasteiger partial charge on any atom is 0.225 e. The van der Waals surface area contributed by atoms with Gasteiger partial charge in [-0.25, -0.2) is 24.3 Å². The lowest BCUT2D eigenvalue weighted by molar-refractivity contribution is 0.242. The van der Waals surface area contributed by atoms with E-state index < -0.39 is 0 Å². The van der Waals surface area contributed by atoms with Gasteiger partial charge in [0.2, 0.25) is 11.9 Å². The van der Waals surface area contributed by atoms with Crippen molar-refractivity contribution >= 4 is 11.9 Å². The van der Waals surface area contributed by atoms with Crippen LogP contribution in [-0.2, 0) is 6.54 Å². The van der Waals surface area contributed by atoms with Crippen molar-refractivity contribution in [3.05, 3.63) is 59.9 Å². The number of rotatable bonds is 6. The minimum atomic E-state index is -0.256. The molecule has 0 bridgehead atoms. The Labute approximate surface area is 194 Å². The summed E-state index contributed by atoms with van der Waals surface area (Å²) in [6, 6.07) is 8.81. The van der Waals surface area contributed by atoms with Crippen LogP contribution in [0, 0.1) is 5.82 Å². The molecule has 0 aliphatic carbocycles. The van der Waals surface area contributed by atoms with Gasteiger partial charge >= 0.3 is 0 Å². The molecule has 2 aliphatic heterocycles. The summed E-state index contributed by atoms with van der Waals surface area (Å²) < 4.78 is 14.0. The highest BCUT2D eigenvalue weighted by molar-refractivity contribution is 5.66. The van der Waals surface area contributed by atoms with E-state index in [4.69, 9.17) is 9.97 Å². The first-order valence-corrected chi connectivity index (χ1v) is 11.7. The third kappa shape index (κ3) is 4.66. The Hall–Kier alpha value is -3.13. The normalized spacial score (nSPS) is 18.8. The summed E-state index contributed by atoms with van der Waals surface area (Å²) >= 11 is 0. The first-order chi connectivity index (χ1) is 16.1. The van der Waals surface area contributed by atoms with Gasteiger partial charge in [0.1, 0.15) is 5.82 Å². The van der Waals surface area contributed by atoms with Crippen LogP contribution >= 0.6 is 0 Å². The summed E-state index contributed by atoms with van der Waals surface area (Å²) in [4.78, 5) is 25.4. The van der Waals surface area contributed by atoms with Gasteiger partial charge in [-0.05, 0) is 56.0 Å². The van der Waals surface area contributed by atoms with Gasteiger partial charge in [0.15, 0.2) is 0 Å². The second-order valence-corrected chi connectivity index (χ2v) is 9.04. The summed E-state index contributed by atoms with van der Waals surface area (Å²) in [7, 11) is 3.88. The molecule has 1 atom stereocenters. The van der Waals surface area contributed by atoms with Gasteiger partial charge in [0.25, 0.3) is 0 Å². The predicted octanol–water partition coefficient (Wildman–Crippen LogP) is 4.08. The van der Waals surface area contributed by atoms with Crippen LogP contribution in [-0.4, -0.2) is 58.6 Å². The second kappa shape index (κ2) is 9.39. The zero-order valence-corrected chi connectivity index (χ0v) is 19.3. The Morgan fingerprint density at radius 1 is 1.03 bits per heavy atom. The van der Waals surface area contributed by atoms with Crippen molar-refractivity contribution in [1.82, 2.24) is 24.8 Å². The first kappa shape index (κ1) is 21.7. The molecule has 4 heterocycles. The van der Waals surface area contributed by atoms with Gasteiger partial charge in [-0.15, -0.1) is 0 Å². The molecule has 7 nitrogen and oxygen atoms in total. The summed E-state index contributed by atoms with van der Waals surface area (Å²) in [5.74, 6) is 1.24. The van der Waals surface area contributed by atoms with Crippen molar-refractivity contribution in [2.24, 2.45) is 0 Å². The Morgan fingerprint density at radius 3 is 2.67 bits per heavy atom. The van der Waals surface area contributed by atoms with Crippen LogP contribution in [0.5, 0.6) is 0 Å². The zero-order chi connectivity index (χ0) is 22.8.